The minimum Gasteiger partial charge on any atom is -0.237 e. The summed E-state index contributed by atoms with van der Waals surface area (Å²) in [7, 11) is -3.85. The SMILES string of the molecule is O=S(/C=C\c1ccc(F)cc1F)NS(=O)/C=C/c1ccc(F)cc1F. The van der Waals surface area contributed by atoms with Gasteiger partial charge in [0.05, 0.1) is 0 Å². The molecule has 132 valence electrons. The van der Waals surface area contributed by atoms with Crippen LogP contribution in [0.4, 0.5) is 17.6 Å². The molecular formula is C16H11F4NO2S2. The lowest BCUT2D eigenvalue weighted by molar-refractivity contribution is 0.581. The van der Waals surface area contributed by atoms with Gasteiger partial charge in [-0.05, 0) is 36.4 Å². The van der Waals surface area contributed by atoms with Crippen molar-refractivity contribution in [1.82, 2.24) is 4.13 Å². The van der Waals surface area contributed by atoms with Crippen LogP contribution >= 0.6 is 0 Å². The van der Waals surface area contributed by atoms with E-state index < -0.39 is 45.2 Å². The topological polar surface area (TPSA) is 46.2 Å². The van der Waals surface area contributed by atoms with Gasteiger partial charge in [0.25, 0.3) is 0 Å². The Morgan fingerprint density at radius 1 is 0.720 bits per heavy atom. The largest absolute Gasteiger partial charge is 0.237 e. The van der Waals surface area contributed by atoms with E-state index in [1.54, 1.807) is 0 Å². The third-order valence-electron chi connectivity index (χ3n) is 2.83. The first-order valence-corrected chi connectivity index (χ1v) is 9.11. The minimum atomic E-state index is -1.93. The van der Waals surface area contributed by atoms with Crippen LogP contribution in [0.5, 0.6) is 0 Å². The van der Waals surface area contributed by atoms with E-state index in [0.29, 0.717) is 12.1 Å². The summed E-state index contributed by atoms with van der Waals surface area (Å²) in [6.07, 6.45) is 2.27. The highest BCUT2D eigenvalue weighted by Gasteiger charge is 2.04. The van der Waals surface area contributed by atoms with Gasteiger partial charge in [0.2, 0.25) is 0 Å². The molecule has 2 aromatic carbocycles. The van der Waals surface area contributed by atoms with Crippen molar-refractivity contribution in [3.63, 3.8) is 0 Å². The van der Waals surface area contributed by atoms with Crippen LogP contribution in [0.3, 0.4) is 0 Å². The lowest BCUT2D eigenvalue weighted by Gasteiger charge is -1.99. The standard InChI is InChI=1S/C16H11F4NO2S2/c17-13-3-1-11(15(19)9-13)5-7-24(22)21-25(23)8-6-12-2-4-14(18)10-16(12)20/h1-10,21H/b7-5-,8-6+. The molecule has 2 unspecified atom stereocenters. The van der Waals surface area contributed by atoms with Crippen LogP contribution in [-0.2, 0) is 22.0 Å². The molecule has 0 aliphatic carbocycles. The number of hydrogen-bond acceptors (Lipinski definition) is 2. The Morgan fingerprint density at radius 3 is 1.48 bits per heavy atom. The molecule has 0 amide bonds. The average molecular weight is 389 g/mol. The summed E-state index contributed by atoms with van der Waals surface area (Å²) in [6, 6.07) is 5.75. The highest BCUT2D eigenvalue weighted by molar-refractivity contribution is 8.01. The number of hydrogen-bond donors (Lipinski definition) is 1. The minimum absolute atomic E-state index is 0.00579. The molecule has 0 aromatic heterocycles. The van der Waals surface area contributed by atoms with Gasteiger partial charge in [0, 0.05) is 34.1 Å². The highest BCUT2D eigenvalue weighted by atomic mass is 32.3. The Balaban J connectivity index is 1.96. The molecule has 25 heavy (non-hydrogen) atoms. The summed E-state index contributed by atoms with van der Waals surface area (Å²) in [5.41, 5.74) is 0.0116. The van der Waals surface area contributed by atoms with Crippen molar-refractivity contribution in [3.05, 3.63) is 81.6 Å². The molecule has 0 bridgehead atoms. The molecule has 0 aliphatic rings. The van der Waals surface area contributed by atoms with Crippen molar-refractivity contribution in [2.24, 2.45) is 0 Å². The van der Waals surface area contributed by atoms with Crippen LogP contribution in [0.15, 0.2) is 47.2 Å². The second-order valence-electron chi connectivity index (χ2n) is 4.62. The number of halogens is 4. The van der Waals surface area contributed by atoms with Crippen molar-refractivity contribution < 1.29 is 26.0 Å². The fourth-order valence-electron chi connectivity index (χ4n) is 1.68. The molecule has 1 N–H and O–H groups in total. The summed E-state index contributed by atoms with van der Waals surface area (Å²) < 4.78 is 77.9. The van der Waals surface area contributed by atoms with E-state index in [9.17, 15) is 26.0 Å². The zero-order chi connectivity index (χ0) is 18.4. The number of rotatable bonds is 6. The van der Waals surface area contributed by atoms with E-state index in [0.717, 1.165) is 47.2 Å². The lowest BCUT2D eigenvalue weighted by Crippen LogP contribution is -2.15. The van der Waals surface area contributed by atoms with Crippen molar-refractivity contribution >= 4 is 34.1 Å². The van der Waals surface area contributed by atoms with Gasteiger partial charge in [-0.1, -0.05) is 0 Å². The van der Waals surface area contributed by atoms with Crippen LogP contribution < -0.4 is 4.13 Å². The molecule has 2 aromatic rings. The van der Waals surface area contributed by atoms with E-state index >= 15 is 0 Å². The molecule has 0 spiro atoms. The summed E-state index contributed by atoms with van der Waals surface area (Å²) in [5.74, 6) is -3.15. The van der Waals surface area contributed by atoms with E-state index in [1.807, 2.05) is 0 Å². The third-order valence-corrected chi connectivity index (χ3v) is 4.91. The fourth-order valence-corrected chi connectivity index (χ4v) is 3.31. The van der Waals surface area contributed by atoms with Gasteiger partial charge in [-0.2, -0.15) is 0 Å². The first-order valence-electron chi connectivity index (χ1n) is 6.69. The van der Waals surface area contributed by atoms with Crippen LogP contribution in [0.1, 0.15) is 11.1 Å². The monoisotopic (exact) mass is 389 g/mol. The Hall–Kier alpha value is -2.10. The third kappa shape index (κ3) is 6.04. The summed E-state index contributed by atoms with van der Waals surface area (Å²) in [5, 5.41) is 2.06. The van der Waals surface area contributed by atoms with Gasteiger partial charge in [-0.15, -0.1) is 4.13 Å². The van der Waals surface area contributed by atoms with Crippen LogP contribution in [0.2, 0.25) is 0 Å². The molecule has 0 saturated carbocycles. The number of benzene rings is 2. The maximum Gasteiger partial charge on any atom is 0.133 e. The maximum atomic E-state index is 13.4. The van der Waals surface area contributed by atoms with Gasteiger partial charge < -0.3 is 0 Å². The smallest absolute Gasteiger partial charge is 0.133 e. The normalized spacial score (nSPS) is 14.2. The van der Waals surface area contributed by atoms with Crippen molar-refractivity contribution in [3.8, 4) is 0 Å². The zero-order valence-electron chi connectivity index (χ0n) is 12.4. The van der Waals surface area contributed by atoms with E-state index in [-0.39, 0.29) is 11.1 Å². The Kier molecular flexibility index (Phi) is 6.80. The first kappa shape index (κ1) is 19.2. The van der Waals surface area contributed by atoms with E-state index in [1.165, 1.54) is 0 Å². The molecule has 0 fully saturated rings. The maximum absolute atomic E-state index is 13.4. The second kappa shape index (κ2) is 8.84. The van der Waals surface area contributed by atoms with Gasteiger partial charge in [0.15, 0.2) is 0 Å². The van der Waals surface area contributed by atoms with Crippen LogP contribution in [0, 0.1) is 23.3 Å². The summed E-state index contributed by atoms with van der Waals surface area (Å²) in [6.45, 7) is 0. The molecule has 3 nitrogen and oxygen atoms in total. The van der Waals surface area contributed by atoms with Gasteiger partial charge >= 0.3 is 0 Å². The Labute approximate surface area is 146 Å². The summed E-state index contributed by atoms with van der Waals surface area (Å²) in [4.78, 5) is 0. The quantitative estimate of drug-likeness (QED) is 0.764. The van der Waals surface area contributed by atoms with Gasteiger partial charge in [0.1, 0.15) is 45.2 Å². The molecule has 2 atom stereocenters. The van der Waals surface area contributed by atoms with Crippen molar-refractivity contribution in [1.29, 1.82) is 0 Å². The Bertz CT molecular complexity index is 813. The zero-order valence-corrected chi connectivity index (χ0v) is 14.1. The van der Waals surface area contributed by atoms with Gasteiger partial charge in [-0.3, -0.25) is 0 Å². The highest BCUT2D eigenvalue weighted by Crippen LogP contribution is 2.12. The average Bonchev–Trinajstić information content (AvgIpc) is 2.53. The lowest BCUT2D eigenvalue weighted by atomic mass is 10.2. The van der Waals surface area contributed by atoms with Crippen molar-refractivity contribution in [2.45, 2.75) is 0 Å². The van der Waals surface area contributed by atoms with Gasteiger partial charge in [-0.25, -0.2) is 26.0 Å². The second-order valence-corrected chi connectivity index (χ2v) is 7.02. The van der Waals surface area contributed by atoms with Crippen LogP contribution in [-0.4, -0.2) is 8.42 Å². The molecule has 0 saturated heterocycles. The molecule has 9 heteroatoms. The number of nitrogens with one attached hydrogen (secondary N) is 1. The first-order chi connectivity index (χ1) is 11.8. The van der Waals surface area contributed by atoms with Crippen LogP contribution in [0.25, 0.3) is 12.2 Å². The predicted octanol–water partition coefficient (Wildman–Crippen LogP) is 3.80. The molecule has 0 radical (unpaired) electrons. The van der Waals surface area contributed by atoms with E-state index in [2.05, 4.69) is 4.13 Å². The fraction of sp³-hybridized carbons (Fsp3) is 0. The molecule has 2 rings (SSSR count). The van der Waals surface area contributed by atoms with E-state index in [4.69, 9.17) is 0 Å². The molecule has 0 aliphatic heterocycles. The summed E-state index contributed by atoms with van der Waals surface area (Å²) >= 11 is 0. The molecule has 0 heterocycles. The Morgan fingerprint density at radius 2 is 1.12 bits per heavy atom. The van der Waals surface area contributed by atoms with Crippen molar-refractivity contribution in [2.75, 3.05) is 0 Å². The molecular weight excluding hydrogens is 378 g/mol. The predicted molar refractivity (Wildman–Crippen MR) is 90.2 cm³/mol.